The quantitative estimate of drug-likeness (QED) is 0.532. The van der Waals surface area contributed by atoms with Gasteiger partial charge < -0.3 is 10.1 Å². The van der Waals surface area contributed by atoms with E-state index in [0.29, 0.717) is 16.1 Å². The molecule has 0 bridgehead atoms. The van der Waals surface area contributed by atoms with Crippen LogP contribution in [-0.2, 0) is 31.1 Å². The number of hydrogen-bond acceptors (Lipinski definition) is 5. The summed E-state index contributed by atoms with van der Waals surface area (Å²) in [5.74, 6) is -2.73. The van der Waals surface area contributed by atoms with Gasteiger partial charge in [0, 0.05) is 0 Å². The number of urea groups is 1. The fourth-order valence-electron chi connectivity index (χ4n) is 3.21. The second kappa shape index (κ2) is 8.73. The Balaban J connectivity index is 1.59. The molecule has 3 rings (SSSR count). The van der Waals surface area contributed by atoms with Crippen LogP contribution in [0.2, 0.25) is 0 Å². The monoisotopic (exact) mass is 413 g/mol. The summed E-state index contributed by atoms with van der Waals surface area (Å²) >= 11 is 0. The second-order valence-electron chi connectivity index (χ2n) is 6.70. The first-order valence-electron chi connectivity index (χ1n) is 9.27. The van der Waals surface area contributed by atoms with Gasteiger partial charge in [0.15, 0.2) is 6.61 Å². The van der Waals surface area contributed by atoms with Crippen molar-refractivity contribution in [2.75, 3.05) is 6.61 Å². The molecule has 1 atom stereocenters. The predicted octanol–water partition coefficient (Wildman–Crippen LogP) is 1.80. The number of imide groups is 1. The summed E-state index contributed by atoms with van der Waals surface area (Å²) < 4.78 is 18.0. The Kier molecular flexibility index (Phi) is 6.10. The van der Waals surface area contributed by atoms with Crippen LogP contribution in [0.25, 0.3) is 0 Å². The summed E-state index contributed by atoms with van der Waals surface area (Å²) in [4.78, 5) is 49.2. The molecule has 0 aromatic heterocycles. The Morgan fingerprint density at radius 3 is 2.53 bits per heavy atom. The maximum atomic E-state index is 13.2. The van der Waals surface area contributed by atoms with Crippen LogP contribution in [0.4, 0.5) is 9.18 Å². The van der Waals surface area contributed by atoms with Crippen molar-refractivity contribution in [1.82, 2.24) is 15.8 Å². The molecule has 2 N–H and O–H groups in total. The van der Waals surface area contributed by atoms with E-state index >= 15 is 0 Å². The second-order valence-corrected chi connectivity index (χ2v) is 6.70. The normalized spacial score (nSPS) is 18.1. The molecule has 2 aromatic carbocycles. The maximum Gasteiger partial charge on any atom is 0.344 e. The van der Waals surface area contributed by atoms with Crippen molar-refractivity contribution in [3.8, 4) is 0 Å². The number of esters is 1. The number of carbonyl (C=O) groups excluding carboxylic acids is 4. The molecule has 2 aromatic rings. The van der Waals surface area contributed by atoms with Crippen LogP contribution in [0.15, 0.2) is 54.6 Å². The third-order valence-corrected chi connectivity index (χ3v) is 4.73. The van der Waals surface area contributed by atoms with Gasteiger partial charge in [0.05, 0.1) is 6.42 Å². The molecule has 9 heteroatoms. The number of carbonyl (C=O) groups is 4. The molecular weight excluding hydrogens is 393 g/mol. The number of benzene rings is 2. The summed E-state index contributed by atoms with van der Waals surface area (Å²) in [6.07, 6.45) is 0.0533. The average Bonchev–Trinajstić information content (AvgIpc) is 2.98. The molecule has 0 spiro atoms. The van der Waals surface area contributed by atoms with Crippen LogP contribution in [-0.4, -0.2) is 35.4 Å². The smallest absolute Gasteiger partial charge is 0.344 e. The van der Waals surface area contributed by atoms with Crippen molar-refractivity contribution in [3.63, 3.8) is 0 Å². The number of hydrogen-bond donors (Lipinski definition) is 2. The summed E-state index contributed by atoms with van der Waals surface area (Å²) in [7, 11) is 0. The number of hydrazine groups is 1. The van der Waals surface area contributed by atoms with Gasteiger partial charge in [0.1, 0.15) is 11.4 Å². The minimum absolute atomic E-state index is 0.221. The minimum Gasteiger partial charge on any atom is -0.455 e. The van der Waals surface area contributed by atoms with Crippen molar-refractivity contribution >= 4 is 23.8 Å². The van der Waals surface area contributed by atoms with Gasteiger partial charge in [0.2, 0.25) is 0 Å². The molecule has 0 aliphatic carbocycles. The van der Waals surface area contributed by atoms with E-state index in [1.165, 1.54) is 18.2 Å². The third-order valence-electron chi connectivity index (χ3n) is 4.73. The summed E-state index contributed by atoms with van der Waals surface area (Å²) in [5.41, 5.74) is 1.85. The number of halogens is 1. The molecule has 1 fully saturated rings. The van der Waals surface area contributed by atoms with Gasteiger partial charge in [0.25, 0.3) is 11.8 Å². The lowest BCUT2D eigenvalue weighted by atomic mass is 9.87. The highest BCUT2D eigenvalue weighted by Gasteiger charge is 2.52. The molecular formula is C21H20FN3O5. The highest BCUT2D eigenvalue weighted by molar-refractivity contribution is 6.08. The summed E-state index contributed by atoms with van der Waals surface area (Å²) in [6.45, 7) is 1.04. The lowest BCUT2D eigenvalue weighted by Gasteiger charge is -2.25. The number of nitrogens with one attached hydrogen (secondary N) is 2. The SMILES string of the molecule is CC[C@@]1(c2ccccc2)NC(=O)N(NC(=O)COC(=O)Cc2cccc(F)c2)C1=O. The van der Waals surface area contributed by atoms with Crippen LogP contribution < -0.4 is 10.7 Å². The number of ether oxygens (including phenoxy) is 1. The van der Waals surface area contributed by atoms with Gasteiger partial charge in [-0.1, -0.05) is 49.4 Å². The van der Waals surface area contributed by atoms with Gasteiger partial charge in [-0.05, 0) is 29.7 Å². The number of nitrogens with zero attached hydrogens (tertiary/aromatic N) is 1. The zero-order valence-corrected chi connectivity index (χ0v) is 16.2. The van der Waals surface area contributed by atoms with Crippen molar-refractivity contribution in [1.29, 1.82) is 0 Å². The Morgan fingerprint density at radius 1 is 1.13 bits per heavy atom. The zero-order chi connectivity index (χ0) is 21.7. The minimum atomic E-state index is -1.29. The molecule has 4 amide bonds. The average molecular weight is 413 g/mol. The number of rotatable bonds is 7. The number of amides is 4. The molecule has 156 valence electrons. The molecule has 1 saturated heterocycles. The van der Waals surface area contributed by atoms with Crippen molar-refractivity contribution in [3.05, 3.63) is 71.5 Å². The Hall–Kier alpha value is -3.75. The van der Waals surface area contributed by atoms with Gasteiger partial charge in [-0.15, -0.1) is 0 Å². The first kappa shape index (κ1) is 21.0. The largest absolute Gasteiger partial charge is 0.455 e. The molecule has 1 aliphatic rings. The van der Waals surface area contributed by atoms with E-state index in [4.69, 9.17) is 4.74 Å². The van der Waals surface area contributed by atoms with Crippen LogP contribution >= 0.6 is 0 Å². The van der Waals surface area contributed by atoms with Gasteiger partial charge in [-0.25, -0.2) is 9.18 Å². The zero-order valence-electron chi connectivity index (χ0n) is 16.2. The Bertz CT molecular complexity index is 982. The Morgan fingerprint density at radius 2 is 1.87 bits per heavy atom. The maximum absolute atomic E-state index is 13.2. The van der Waals surface area contributed by atoms with E-state index in [9.17, 15) is 23.6 Å². The lowest BCUT2D eigenvalue weighted by molar-refractivity contribution is -0.150. The topological polar surface area (TPSA) is 105 Å². The van der Waals surface area contributed by atoms with E-state index < -0.39 is 41.8 Å². The van der Waals surface area contributed by atoms with E-state index in [2.05, 4.69) is 10.7 Å². The molecule has 1 aliphatic heterocycles. The van der Waals surface area contributed by atoms with E-state index in [-0.39, 0.29) is 12.8 Å². The molecule has 0 saturated carbocycles. The first-order valence-corrected chi connectivity index (χ1v) is 9.27. The van der Waals surface area contributed by atoms with Crippen molar-refractivity contribution in [2.24, 2.45) is 0 Å². The van der Waals surface area contributed by atoms with Gasteiger partial charge in [-0.3, -0.25) is 19.8 Å². The summed E-state index contributed by atoms with van der Waals surface area (Å²) in [5, 5.41) is 3.20. The highest BCUT2D eigenvalue weighted by Crippen LogP contribution is 2.31. The highest BCUT2D eigenvalue weighted by atomic mass is 19.1. The van der Waals surface area contributed by atoms with E-state index in [1.807, 2.05) is 0 Å². The van der Waals surface area contributed by atoms with Crippen molar-refractivity contribution < 1.29 is 28.3 Å². The van der Waals surface area contributed by atoms with Crippen LogP contribution in [0.1, 0.15) is 24.5 Å². The Labute approximate surface area is 172 Å². The molecule has 0 radical (unpaired) electrons. The van der Waals surface area contributed by atoms with Gasteiger partial charge >= 0.3 is 12.0 Å². The van der Waals surface area contributed by atoms with Crippen molar-refractivity contribution in [2.45, 2.75) is 25.3 Å². The lowest BCUT2D eigenvalue weighted by Crippen LogP contribution is -2.49. The molecule has 0 unspecified atom stereocenters. The first-order chi connectivity index (χ1) is 14.4. The van der Waals surface area contributed by atoms with E-state index in [0.717, 1.165) is 0 Å². The summed E-state index contributed by atoms with van der Waals surface area (Å²) in [6, 6.07) is 13.3. The van der Waals surface area contributed by atoms with Crippen LogP contribution in [0.5, 0.6) is 0 Å². The molecule has 1 heterocycles. The molecule has 8 nitrogen and oxygen atoms in total. The van der Waals surface area contributed by atoms with Gasteiger partial charge in [-0.2, -0.15) is 5.01 Å². The fourth-order valence-corrected chi connectivity index (χ4v) is 3.21. The standard InChI is InChI=1S/C21H20FN3O5/c1-2-21(15-8-4-3-5-9-15)19(28)25(20(29)23-21)24-17(26)13-30-18(27)12-14-7-6-10-16(22)11-14/h3-11H,2,12-13H2,1H3,(H,23,29)(H,24,26)/t21-/m0/s1. The van der Waals surface area contributed by atoms with Crippen LogP contribution in [0, 0.1) is 5.82 Å². The third kappa shape index (κ3) is 4.29. The molecule has 30 heavy (non-hydrogen) atoms. The van der Waals surface area contributed by atoms with Crippen LogP contribution in [0.3, 0.4) is 0 Å². The fraction of sp³-hybridized carbons (Fsp3) is 0.238. The van der Waals surface area contributed by atoms with E-state index in [1.54, 1.807) is 43.3 Å². The predicted molar refractivity (Wildman–Crippen MR) is 103 cm³/mol.